The second kappa shape index (κ2) is 9.00. The van der Waals surface area contributed by atoms with Gasteiger partial charge < -0.3 is 10.1 Å². The molecule has 1 saturated carbocycles. The fraction of sp³-hybridized carbons (Fsp3) is 0.467. The molecule has 1 aromatic rings. The molecular formula is C15H16I3NO3. The molecule has 22 heavy (non-hydrogen) atoms. The highest BCUT2D eigenvalue weighted by Crippen LogP contribution is 2.27. The van der Waals surface area contributed by atoms with E-state index < -0.39 is 0 Å². The zero-order valence-corrected chi connectivity index (χ0v) is 18.3. The van der Waals surface area contributed by atoms with Gasteiger partial charge in [0.25, 0.3) is 5.91 Å². The molecule has 1 aliphatic rings. The van der Waals surface area contributed by atoms with Gasteiger partial charge in [0.05, 0.1) is 11.6 Å². The highest BCUT2D eigenvalue weighted by Gasteiger charge is 2.23. The van der Waals surface area contributed by atoms with E-state index >= 15 is 0 Å². The molecule has 2 rings (SSSR count). The van der Waals surface area contributed by atoms with Crippen LogP contribution in [-0.2, 0) is 14.3 Å². The lowest BCUT2D eigenvalue weighted by Crippen LogP contribution is -2.26. The molecule has 0 bridgehead atoms. The zero-order valence-electron chi connectivity index (χ0n) is 11.8. The minimum Gasteiger partial charge on any atom is -0.455 e. The Morgan fingerprint density at radius 2 is 1.68 bits per heavy atom. The first-order chi connectivity index (χ1) is 10.5. The van der Waals surface area contributed by atoms with Crippen molar-refractivity contribution in [2.45, 2.75) is 32.1 Å². The summed E-state index contributed by atoms with van der Waals surface area (Å²) >= 11 is 6.62. The third kappa shape index (κ3) is 5.46. The predicted molar refractivity (Wildman–Crippen MR) is 111 cm³/mol. The van der Waals surface area contributed by atoms with E-state index in [9.17, 15) is 9.59 Å². The molecule has 0 atom stereocenters. The van der Waals surface area contributed by atoms with Crippen LogP contribution in [0.4, 0.5) is 5.69 Å². The number of nitrogens with one attached hydrogen (secondary N) is 1. The molecule has 7 heteroatoms. The largest absolute Gasteiger partial charge is 0.455 e. The van der Waals surface area contributed by atoms with E-state index in [2.05, 4.69) is 73.1 Å². The van der Waals surface area contributed by atoms with Crippen molar-refractivity contribution in [1.82, 2.24) is 0 Å². The van der Waals surface area contributed by atoms with Crippen LogP contribution in [0.5, 0.6) is 0 Å². The second-order valence-electron chi connectivity index (χ2n) is 5.24. The minimum absolute atomic E-state index is 0.0277. The monoisotopic (exact) mass is 639 g/mol. The summed E-state index contributed by atoms with van der Waals surface area (Å²) in [6.07, 6.45) is 5.10. The highest BCUT2D eigenvalue weighted by molar-refractivity contribution is 14.1. The van der Waals surface area contributed by atoms with Crippen LogP contribution in [0.1, 0.15) is 32.1 Å². The van der Waals surface area contributed by atoms with Gasteiger partial charge in [-0.25, -0.2) is 0 Å². The molecule has 1 aromatic carbocycles. The van der Waals surface area contributed by atoms with Gasteiger partial charge in [0.2, 0.25) is 0 Å². The second-order valence-corrected chi connectivity index (χ2v) is 8.81. The summed E-state index contributed by atoms with van der Waals surface area (Å²) in [6, 6.07) is 3.99. The Hall–Kier alpha value is 0.350. The molecule has 0 spiro atoms. The van der Waals surface area contributed by atoms with Gasteiger partial charge in [0.1, 0.15) is 0 Å². The van der Waals surface area contributed by atoms with Gasteiger partial charge in [-0.15, -0.1) is 0 Å². The van der Waals surface area contributed by atoms with Crippen LogP contribution < -0.4 is 5.32 Å². The minimum atomic E-state index is -0.291. The van der Waals surface area contributed by atoms with Crippen molar-refractivity contribution in [3.63, 3.8) is 0 Å². The third-order valence-corrected chi connectivity index (χ3v) is 5.88. The van der Waals surface area contributed by atoms with Gasteiger partial charge in [-0.05, 0) is 92.7 Å². The number of anilines is 1. The van der Waals surface area contributed by atoms with Crippen LogP contribution in [0, 0.1) is 16.6 Å². The summed E-state index contributed by atoms with van der Waals surface area (Å²) in [7, 11) is 0. The first-order valence-electron chi connectivity index (χ1n) is 7.08. The van der Waals surface area contributed by atoms with E-state index in [1.54, 1.807) is 0 Å². The van der Waals surface area contributed by atoms with Gasteiger partial charge in [-0.2, -0.15) is 0 Å². The van der Waals surface area contributed by atoms with Crippen LogP contribution >= 0.6 is 67.8 Å². The zero-order chi connectivity index (χ0) is 16.1. The maximum Gasteiger partial charge on any atom is 0.309 e. The number of carbonyl (C=O) groups is 2. The Balaban J connectivity index is 1.87. The summed E-state index contributed by atoms with van der Waals surface area (Å²) in [4.78, 5) is 23.9. The lowest BCUT2D eigenvalue weighted by molar-refractivity contribution is -0.152. The van der Waals surface area contributed by atoms with Crippen LogP contribution in [0.2, 0.25) is 0 Å². The Labute approximate surface area is 170 Å². The Bertz CT molecular complexity index is 548. The van der Waals surface area contributed by atoms with Crippen LogP contribution in [0.15, 0.2) is 12.1 Å². The Kier molecular flexibility index (Phi) is 7.64. The first kappa shape index (κ1) is 18.7. The molecule has 0 unspecified atom stereocenters. The maximum absolute atomic E-state index is 12.0. The first-order valence-corrected chi connectivity index (χ1v) is 10.3. The van der Waals surface area contributed by atoms with Gasteiger partial charge in [0.15, 0.2) is 6.61 Å². The topological polar surface area (TPSA) is 55.4 Å². The van der Waals surface area contributed by atoms with Gasteiger partial charge in [0, 0.05) is 10.7 Å². The summed E-state index contributed by atoms with van der Waals surface area (Å²) in [5.41, 5.74) is 0.778. The van der Waals surface area contributed by atoms with Crippen LogP contribution in [0.3, 0.4) is 0 Å². The Morgan fingerprint density at radius 1 is 1.09 bits per heavy atom. The van der Waals surface area contributed by atoms with E-state index in [1.807, 2.05) is 12.1 Å². The van der Waals surface area contributed by atoms with Crippen LogP contribution in [0.25, 0.3) is 0 Å². The number of benzene rings is 1. The van der Waals surface area contributed by atoms with E-state index in [-0.39, 0.29) is 24.4 Å². The molecule has 4 nitrogen and oxygen atoms in total. The normalized spacial score (nSPS) is 15.4. The molecule has 1 amide bonds. The fourth-order valence-corrected chi connectivity index (χ4v) is 6.28. The Morgan fingerprint density at radius 3 is 2.27 bits per heavy atom. The van der Waals surface area contributed by atoms with Gasteiger partial charge in [-0.3, -0.25) is 9.59 Å². The van der Waals surface area contributed by atoms with Crippen LogP contribution in [-0.4, -0.2) is 18.5 Å². The smallest absolute Gasteiger partial charge is 0.309 e. The quantitative estimate of drug-likeness (QED) is 0.389. The number of carbonyl (C=O) groups excluding carboxylic acids is 2. The summed E-state index contributed by atoms with van der Waals surface area (Å²) in [6.45, 7) is -0.215. The lowest BCUT2D eigenvalue weighted by atomic mass is 9.89. The fourth-order valence-electron chi connectivity index (χ4n) is 2.43. The number of esters is 1. The van der Waals surface area contributed by atoms with Crippen molar-refractivity contribution in [1.29, 1.82) is 0 Å². The molecule has 0 aromatic heterocycles. The number of halogens is 3. The van der Waals surface area contributed by atoms with Crippen molar-refractivity contribution < 1.29 is 14.3 Å². The molecule has 1 aliphatic carbocycles. The molecule has 1 N–H and O–H groups in total. The van der Waals surface area contributed by atoms with E-state index in [0.717, 1.165) is 42.1 Å². The van der Waals surface area contributed by atoms with E-state index in [4.69, 9.17) is 4.74 Å². The molecule has 0 aliphatic heterocycles. The van der Waals surface area contributed by atoms with E-state index in [0.29, 0.717) is 0 Å². The SMILES string of the molecule is O=C(COC(=O)C1CCCCC1)Nc1c(I)cc(I)cc1I. The molecule has 0 radical (unpaired) electrons. The summed E-state index contributed by atoms with van der Waals surface area (Å²) < 4.78 is 8.23. The van der Waals surface area contributed by atoms with Crippen molar-refractivity contribution in [2.24, 2.45) is 5.92 Å². The molecular weight excluding hydrogens is 623 g/mol. The number of rotatable bonds is 4. The molecule has 0 saturated heterocycles. The number of ether oxygens (including phenoxy) is 1. The maximum atomic E-state index is 12.0. The predicted octanol–water partition coefficient (Wildman–Crippen LogP) is 4.56. The number of hydrogen-bond acceptors (Lipinski definition) is 3. The lowest BCUT2D eigenvalue weighted by Gasteiger charge is -2.19. The number of amides is 1. The van der Waals surface area contributed by atoms with Crippen molar-refractivity contribution in [3.8, 4) is 0 Å². The molecule has 1 fully saturated rings. The standard InChI is InChI=1S/C15H16I3NO3/c16-10-6-11(17)14(12(18)7-10)19-13(20)8-22-15(21)9-4-2-1-3-5-9/h6-7,9H,1-5,8H2,(H,19,20). The summed E-state index contributed by atoms with van der Waals surface area (Å²) in [5.74, 6) is -0.553. The van der Waals surface area contributed by atoms with Gasteiger partial charge in [-0.1, -0.05) is 19.3 Å². The highest BCUT2D eigenvalue weighted by atomic mass is 127. The van der Waals surface area contributed by atoms with Gasteiger partial charge >= 0.3 is 5.97 Å². The number of hydrogen-bond donors (Lipinski definition) is 1. The van der Waals surface area contributed by atoms with Crippen molar-refractivity contribution in [3.05, 3.63) is 22.8 Å². The average Bonchev–Trinajstić information content (AvgIpc) is 2.49. The molecule has 0 heterocycles. The van der Waals surface area contributed by atoms with Crippen molar-refractivity contribution >= 4 is 85.3 Å². The van der Waals surface area contributed by atoms with E-state index in [1.165, 1.54) is 6.42 Å². The molecule has 120 valence electrons. The summed E-state index contributed by atoms with van der Waals surface area (Å²) in [5, 5.41) is 2.83. The van der Waals surface area contributed by atoms with Crippen molar-refractivity contribution in [2.75, 3.05) is 11.9 Å². The average molecular weight is 639 g/mol. The third-order valence-electron chi connectivity index (χ3n) is 3.56.